The fourth-order valence-corrected chi connectivity index (χ4v) is 1.40. The number of aryl methyl sites for hydroxylation is 3. The Bertz CT molecular complexity index is 522. The lowest BCUT2D eigenvalue weighted by Gasteiger charge is -1.98. The molecule has 0 atom stereocenters. The van der Waals surface area contributed by atoms with E-state index in [1.165, 1.54) is 0 Å². The number of hydrogen-bond acceptors (Lipinski definition) is 4. The summed E-state index contributed by atoms with van der Waals surface area (Å²) >= 11 is 0. The van der Waals surface area contributed by atoms with Crippen LogP contribution in [-0.4, -0.2) is 21.1 Å². The summed E-state index contributed by atoms with van der Waals surface area (Å²) < 4.78 is 5.35. The molecule has 0 aliphatic heterocycles. The highest BCUT2D eigenvalue weighted by Crippen LogP contribution is 2.08. The van der Waals surface area contributed by atoms with Crippen LogP contribution < -0.4 is 5.32 Å². The Hall–Kier alpha value is -2.11. The maximum Gasteiger partial charge on any atom is 0.272 e. The molecule has 0 unspecified atom stereocenters. The first kappa shape index (κ1) is 11.4. The van der Waals surface area contributed by atoms with E-state index in [2.05, 4.69) is 20.5 Å². The Labute approximate surface area is 98.4 Å². The minimum atomic E-state index is -0.247. The van der Waals surface area contributed by atoms with Crippen molar-refractivity contribution >= 4 is 5.91 Å². The zero-order chi connectivity index (χ0) is 12.4. The Morgan fingerprint density at radius 2 is 2.24 bits per heavy atom. The first-order valence-corrected chi connectivity index (χ1v) is 5.29. The van der Waals surface area contributed by atoms with Crippen molar-refractivity contribution < 1.29 is 9.21 Å². The Balaban J connectivity index is 1.96. The van der Waals surface area contributed by atoms with Crippen molar-refractivity contribution in [2.75, 3.05) is 0 Å². The van der Waals surface area contributed by atoms with E-state index in [1.54, 1.807) is 6.07 Å². The Kier molecular flexibility index (Phi) is 2.95. The van der Waals surface area contributed by atoms with E-state index in [9.17, 15) is 4.79 Å². The van der Waals surface area contributed by atoms with Crippen molar-refractivity contribution in [2.24, 2.45) is 0 Å². The quantitative estimate of drug-likeness (QED) is 0.837. The van der Waals surface area contributed by atoms with Crippen molar-refractivity contribution in [3.05, 3.63) is 34.8 Å². The second-order valence-electron chi connectivity index (χ2n) is 3.87. The summed E-state index contributed by atoms with van der Waals surface area (Å²) in [6, 6.07) is 1.68. The van der Waals surface area contributed by atoms with Gasteiger partial charge in [-0.1, -0.05) is 0 Å². The number of rotatable bonds is 3. The fourth-order valence-electron chi connectivity index (χ4n) is 1.40. The van der Waals surface area contributed by atoms with Crippen LogP contribution in [0.4, 0.5) is 0 Å². The summed E-state index contributed by atoms with van der Waals surface area (Å²) in [6.45, 7) is 5.80. The van der Waals surface area contributed by atoms with Crippen LogP contribution in [0.15, 0.2) is 10.5 Å². The van der Waals surface area contributed by atoms with Crippen molar-refractivity contribution in [3.8, 4) is 0 Å². The highest BCUT2D eigenvalue weighted by molar-refractivity contribution is 5.92. The normalized spacial score (nSPS) is 10.5. The van der Waals surface area contributed by atoms with Gasteiger partial charge in [0.15, 0.2) is 0 Å². The van der Waals surface area contributed by atoms with E-state index in [1.807, 2.05) is 20.8 Å². The standard InChI is InChI=1S/C11H14N4O2/c1-6-4-9(15-14-6)11(16)12-5-10-13-7(2)8(3)17-10/h4H,5H2,1-3H3,(H,12,16)(H,14,15). The first-order chi connectivity index (χ1) is 8.06. The van der Waals surface area contributed by atoms with Gasteiger partial charge in [0.2, 0.25) is 5.89 Å². The van der Waals surface area contributed by atoms with Crippen LogP contribution in [0.25, 0.3) is 0 Å². The average Bonchev–Trinajstić information content (AvgIpc) is 2.83. The fraction of sp³-hybridized carbons (Fsp3) is 0.364. The number of amides is 1. The van der Waals surface area contributed by atoms with Gasteiger partial charge < -0.3 is 9.73 Å². The lowest BCUT2D eigenvalue weighted by molar-refractivity contribution is 0.0942. The van der Waals surface area contributed by atoms with E-state index in [-0.39, 0.29) is 12.5 Å². The van der Waals surface area contributed by atoms with Crippen LogP contribution in [0, 0.1) is 20.8 Å². The van der Waals surface area contributed by atoms with Gasteiger partial charge in [0.05, 0.1) is 12.2 Å². The van der Waals surface area contributed by atoms with Gasteiger partial charge >= 0.3 is 0 Å². The molecule has 2 N–H and O–H groups in total. The van der Waals surface area contributed by atoms with Gasteiger partial charge in [0, 0.05) is 5.69 Å². The highest BCUT2D eigenvalue weighted by Gasteiger charge is 2.11. The second-order valence-corrected chi connectivity index (χ2v) is 3.87. The molecule has 0 radical (unpaired) electrons. The van der Waals surface area contributed by atoms with E-state index in [0.717, 1.165) is 17.1 Å². The van der Waals surface area contributed by atoms with Crippen LogP contribution in [0.2, 0.25) is 0 Å². The van der Waals surface area contributed by atoms with Crippen LogP contribution >= 0.6 is 0 Å². The molecule has 0 aromatic carbocycles. The molecule has 0 aliphatic rings. The van der Waals surface area contributed by atoms with Crippen LogP contribution in [0.5, 0.6) is 0 Å². The molecule has 1 amide bonds. The van der Waals surface area contributed by atoms with E-state index in [4.69, 9.17) is 4.42 Å². The van der Waals surface area contributed by atoms with Crippen molar-refractivity contribution in [3.63, 3.8) is 0 Å². The second kappa shape index (κ2) is 4.40. The smallest absolute Gasteiger partial charge is 0.272 e. The van der Waals surface area contributed by atoms with Gasteiger partial charge in [0.1, 0.15) is 11.5 Å². The third-order valence-corrected chi connectivity index (χ3v) is 2.41. The first-order valence-electron chi connectivity index (χ1n) is 5.29. The number of aromatic amines is 1. The molecule has 0 spiro atoms. The molecule has 0 fully saturated rings. The van der Waals surface area contributed by atoms with Gasteiger partial charge in [-0.05, 0) is 26.8 Å². The maximum atomic E-state index is 11.7. The monoisotopic (exact) mass is 234 g/mol. The summed E-state index contributed by atoms with van der Waals surface area (Å²) in [5, 5.41) is 9.27. The summed E-state index contributed by atoms with van der Waals surface area (Å²) in [6.07, 6.45) is 0. The Morgan fingerprint density at radius 3 is 2.76 bits per heavy atom. The molecule has 0 saturated carbocycles. The summed E-state index contributed by atoms with van der Waals surface area (Å²) in [5.41, 5.74) is 2.05. The van der Waals surface area contributed by atoms with Gasteiger partial charge in [-0.15, -0.1) is 0 Å². The number of carbonyl (C=O) groups is 1. The van der Waals surface area contributed by atoms with E-state index in [0.29, 0.717) is 11.6 Å². The van der Waals surface area contributed by atoms with E-state index < -0.39 is 0 Å². The van der Waals surface area contributed by atoms with Gasteiger partial charge in [-0.3, -0.25) is 9.89 Å². The number of hydrogen-bond donors (Lipinski definition) is 2. The van der Waals surface area contributed by atoms with Gasteiger partial charge in [-0.2, -0.15) is 5.10 Å². The highest BCUT2D eigenvalue weighted by atomic mass is 16.4. The SMILES string of the molecule is Cc1cc(C(=O)NCc2nc(C)c(C)o2)n[nH]1. The largest absolute Gasteiger partial charge is 0.444 e. The van der Waals surface area contributed by atoms with Crippen molar-refractivity contribution in [1.82, 2.24) is 20.5 Å². The zero-order valence-electron chi connectivity index (χ0n) is 10.00. The van der Waals surface area contributed by atoms with Gasteiger partial charge in [-0.25, -0.2) is 4.98 Å². The van der Waals surface area contributed by atoms with E-state index >= 15 is 0 Å². The number of carbonyl (C=O) groups excluding carboxylic acids is 1. The number of aromatic nitrogens is 3. The molecule has 6 heteroatoms. The average molecular weight is 234 g/mol. The minimum absolute atomic E-state index is 0.247. The molecule has 0 saturated heterocycles. The van der Waals surface area contributed by atoms with Gasteiger partial charge in [0.25, 0.3) is 5.91 Å². The number of nitrogens with zero attached hydrogens (tertiary/aromatic N) is 2. The lowest BCUT2D eigenvalue weighted by atomic mass is 10.3. The zero-order valence-corrected chi connectivity index (χ0v) is 10.00. The molecule has 90 valence electrons. The molecule has 17 heavy (non-hydrogen) atoms. The molecule has 6 nitrogen and oxygen atoms in total. The third-order valence-electron chi connectivity index (χ3n) is 2.41. The lowest BCUT2D eigenvalue weighted by Crippen LogP contribution is -2.23. The molecule has 2 aromatic rings. The predicted octanol–water partition coefficient (Wildman–Crippen LogP) is 1.25. The minimum Gasteiger partial charge on any atom is -0.444 e. The molecule has 2 heterocycles. The molecule has 2 aromatic heterocycles. The molecule has 0 bridgehead atoms. The summed E-state index contributed by atoms with van der Waals surface area (Å²) in [5.74, 6) is 1.02. The maximum absolute atomic E-state index is 11.7. The number of H-pyrrole nitrogens is 1. The summed E-state index contributed by atoms with van der Waals surface area (Å²) in [7, 11) is 0. The molecular weight excluding hydrogens is 220 g/mol. The summed E-state index contributed by atoms with van der Waals surface area (Å²) in [4.78, 5) is 15.8. The number of nitrogens with one attached hydrogen (secondary N) is 2. The topological polar surface area (TPSA) is 83.8 Å². The van der Waals surface area contributed by atoms with Crippen LogP contribution in [-0.2, 0) is 6.54 Å². The number of oxazole rings is 1. The molecular formula is C11H14N4O2. The van der Waals surface area contributed by atoms with Crippen LogP contribution in [0.1, 0.15) is 33.5 Å². The van der Waals surface area contributed by atoms with Crippen molar-refractivity contribution in [2.45, 2.75) is 27.3 Å². The third kappa shape index (κ3) is 2.52. The van der Waals surface area contributed by atoms with Crippen LogP contribution in [0.3, 0.4) is 0 Å². The molecule has 2 rings (SSSR count). The van der Waals surface area contributed by atoms with Crippen molar-refractivity contribution in [1.29, 1.82) is 0 Å². The Morgan fingerprint density at radius 1 is 1.47 bits per heavy atom. The predicted molar refractivity (Wildman–Crippen MR) is 60.5 cm³/mol. The molecule has 0 aliphatic carbocycles.